The summed E-state index contributed by atoms with van der Waals surface area (Å²) in [5, 5.41) is 0. The molecule has 0 bridgehead atoms. The standard InChI is InChI=1S/C15H18O/c16-15(14-9-5-2-6-10-14)12-11-13-7-3-1-4-8-13/h1-5,7-8,14H,6,9-12H2. The summed E-state index contributed by atoms with van der Waals surface area (Å²) in [6.07, 6.45) is 8.98. The van der Waals surface area contributed by atoms with E-state index in [1.807, 2.05) is 18.2 Å². The van der Waals surface area contributed by atoms with Crippen molar-refractivity contribution in [2.45, 2.75) is 32.1 Å². The number of ketones is 1. The molecule has 1 aromatic rings. The third-order valence-corrected chi connectivity index (χ3v) is 3.23. The Morgan fingerprint density at radius 1 is 1.19 bits per heavy atom. The molecule has 1 unspecified atom stereocenters. The van der Waals surface area contributed by atoms with Gasteiger partial charge in [-0.25, -0.2) is 0 Å². The zero-order chi connectivity index (χ0) is 11.2. The maximum atomic E-state index is 11.9. The molecule has 0 radical (unpaired) electrons. The third-order valence-electron chi connectivity index (χ3n) is 3.23. The van der Waals surface area contributed by atoms with E-state index >= 15 is 0 Å². The van der Waals surface area contributed by atoms with Crippen LogP contribution in [-0.2, 0) is 11.2 Å². The minimum atomic E-state index is 0.286. The molecule has 84 valence electrons. The second kappa shape index (κ2) is 5.64. The maximum Gasteiger partial charge on any atom is 0.136 e. The van der Waals surface area contributed by atoms with Crippen molar-refractivity contribution >= 4 is 5.78 Å². The number of carbonyl (C=O) groups is 1. The highest BCUT2D eigenvalue weighted by Gasteiger charge is 2.17. The Kier molecular flexibility index (Phi) is 3.92. The van der Waals surface area contributed by atoms with E-state index in [4.69, 9.17) is 0 Å². The van der Waals surface area contributed by atoms with Crippen molar-refractivity contribution in [2.24, 2.45) is 5.92 Å². The summed E-state index contributed by atoms with van der Waals surface area (Å²) in [5.41, 5.74) is 1.27. The van der Waals surface area contributed by atoms with Crippen LogP contribution < -0.4 is 0 Å². The molecule has 1 heteroatoms. The first-order valence-corrected chi connectivity index (χ1v) is 6.08. The van der Waals surface area contributed by atoms with E-state index in [9.17, 15) is 4.79 Å². The Morgan fingerprint density at radius 3 is 2.69 bits per heavy atom. The Balaban J connectivity index is 1.82. The molecule has 0 heterocycles. The summed E-state index contributed by atoms with van der Waals surface area (Å²) in [6, 6.07) is 10.3. The lowest BCUT2D eigenvalue weighted by Crippen LogP contribution is -2.16. The molecule has 0 amide bonds. The van der Waals surface area contributed by atoms with E-state index in [0.29, 0.717) is 12.2 Å². The zero-order valence-corrected chi connectivity index (χ0v) is 9.56. The van der Waals surface area contributed by atoms with E-state index in [1.54, 1.807) is 0 Å². The molecule has 0 aromatic heterocycles. The number of rotatable bonds is 4. The fourth-order valence-corrected chi connectivity index (χ4v) is 2.20. The van der Waals surface area contributed by atoms with Gasteiger partial charge in [0.25, 0.3) is 0 Å². The van der Waals surface area contributed by atoms with Gasteiger partial charge in [-0.3, -0.25) is 4.79 Å². The van der Waals surface area contributed by atoms with Gasteiger partial charge in [-0.1, -0.05) is 42.5 Å². The molecule has 1 nitrogen and oxygen atoms in total. The second-order valence-corrected chi connectivity index (χ2v) is 4.43. The van der Waals surface area contributed by atoms with Crippen molar-refractivity contribution in [1.29, 1.82) is 0 Å². The highest BCUT2D eigenvalue weighted by molar-refractivity contribution is 5.81. The van der Waals surface area contributed by atoms with Crippen molar-refractivity contribution in [1.82, 2.24) is 0 Å². The van der Waals surface area contributed by atoms with Crippen molar-refractivity contribution < 1.29 is 4.79 Å². The van der Waals surface area contributed by atoms with Gasteiger partial charge >= 0.3 is 0 Å². The van der Waals surface area contributed by atoms with Crippen LogP contribution in [0.25, 0.3) is 0 Å². The van der Waals surface area contributed by atoms with Crippen molar-refractivity contribution in [2.75, 3.05) is 0 Å². The molecule has 1 aromatic carbocycles. The lowest BCUT2D eigenvalue weighted by molar-refractivity contribution is -0.123. The second-order valence-electron chi connectivity index (χ2n) is 4.43. The fraction of sp³-hybridized carbons (Fsp3) is 0.400. The SMILES string of the molecule is O=C(CCc1ccccc1)C1CC=CCC1. The van der Waals surface area contributed by atoms with E-state index in [-0.39, 0.29) is 5.92 Å². The quantitative estimate of drug-likeness (QED) is 0.700. The lowest BCUT2D eigenvalue weighted by Gasteiger charge is -2.16. The number of carbonyl (C=O) groups excluding carboxylic acids is 1. The van der Waals surface area contributed by atoms with Gasteiger partial charge < -0.3 is 0 Å². The van der Waals surface area contributed by atoms with Crippen LogP contribution in [0.3, 0.4) is 0 Å². The van der Waals surface area contributed by atoms with Crippen LogP contribution in [0.2, 0.25) is 0 Å². The molecule has 1 aliphatic carbocycles. The third kappa shape index (κ3) is 3.06. The Hall–Kier alpha value is -1.37. The monoisotopic (exact) mass is 214 g/mol. The average molecular weight is 214 g/mol. The van der Waals surface area contributed by atoms with Crippen LogP contribution in [0, 0.1) is 5.92 Å². The van der Waals surface area contributed by atoms with Gasteiger partial charge in [-0.05, 0) is 31.2 Å². The number of hydrogen-bond donors (Lipinski definition) is 0. The highest BCUT2D eigenvalue weighted by Crippen LogP contribution is 2.21. The minimum absolute atomic E-state index is 0.286. The van der Waals surface area contributed by atoms with Crippen molar-refractivity contribution in [3.05, 3.63) is 48.0 Å². The van der Waals surface area contributed by atoms with Crippen LogP contribution in [-0.4, -0.2) is 5.78 Å². The fourth-order valence-electron chi connectivity index (χ4n) is 2.20. The first-order valence-electron chi connectivity index (χ1n) is 6.08. The largest absolute Gasteiger partial charge is 0.299 e. The van der Waals surface area contributed by atoms with Gasteiger partial charge in [0.15, 0.2) is 0 Å². The van der Waals surface area contributed by atoms with E-state index in [1.165, 1.54) is 5.56 Å². The molecule has 0 N–H and O–H groups in total. The summed E-state index contributed by atoms with van der Waals surface area (Å²) >= 11 is 0. The first-order chi connectivity index (χ1) is 7.86. The summed E-state index contributed by atoms with van der Waals surface area (Å²) in [5.74, 6) is 0.724. The van der Waals surface area contributed by atoms with Crippen molar-refractivity contribution in [3.63, 3.8) is 0 Å². The predicted molar refractivity (Wildman–Crippen MR) is 66.3 cm³/mol. The topological polar surface area (TPSA) is 17.1 Å². The molecule has 0 saturated carbocycles. The molecular weight excluding hydrogens is 196 g/mol. The minimum Gasteiger partial charge on any atom is -0.299 e. The maximum absolute atomic E-state index is 11.9. The number of hydrogen-bond acceptors (Lipinski definition) is 1. The summed E-state index contributed by atoms with van der Waals surface area (Å²) in [4.78, 5) is 11.9. The number of aryl methyl sites for hydroxylation is 1. The first kappa shape index (κ1) is 11.1. The van der Waals surface area contributed by atoms with Gasteiger partial charge in [0, 0.05) is 12.3 Å². The van der Waals surface area contributed by atoms with E-state index in [2.05, 4.69) is 24.3 Å². The lowest BCUT2D eigenvalue weighted by atomic mass is 9.88. The van der Waals surface area contributed by atoms with Crippen molar-refractivity contribution in [3.8, 4) is 0 Å². The van der Waals surface area contributed by atoms with Crippen LogP contribution in [0.4, 0.5) is 0 Å². The Labute approximate surface area is 97.2 Å². The van der Waals surface area contributed by atoms with Gasteiger partial charge in [0.05, 0.1) is 0 Å². The molecule has 16 heavy (non-hydrogen) atoms. The molecule has 2 rings (SSSR count). The summed E-state index contributed by atoms with van der Waals surface area (Å²) in [6.45, 7) is 0. The number of benzene rings is 1. The molecular formula is C15H18O. The predicted octanol–water partition coefficient (Wildman–Crippen LogP) is 3.54. The molecule has 0 aliphatic heterocycles. The Bertz CT molecular complexity index is 364. The van der Waals surface area contributed by atoms with Gasteiger partial charge in [-0.2, -0.15) is 0 Å². The Morgan fingerprint density at radius 2 is 2.00 bits per heavy atom. The summed E-state index contributed by atoms with van der Waals surface area (Å²) in [7, 11) is 0. The summed E-state index contributed by atoms with van der Waals surface area (Å²) < 4.78 is 0. The van der Waals surface area contributed by atoms with E-state index < -0.39 is 0 Å². The molecule has 1 aliphatic rings. The van der Waals surface area contributed by atoms with E-state index in [0.717, 1.165) is 25.7 Å². The number of allylic oxidation sites excluding steroid dienone is 2. The zero-order valence-electron chi connectivity index (χ0n) is 9.56. The van der Waals surface area contributed by atoms with Crippen LogP contribution in [0.15, 0.2) is 42.5 Å². The normalized spacial score (nSPS) is 19.6. The molecule has 0 spiro atoms. The number of Topliss-reactive ketones (excluding diaryl/α,β-unsaturated/α-hetero) is 1. The van der Waals surface area contributed by atoms with Gasteiger partial charge in [0.2, 0.25) is 0 Å². The molecule has 0 fully saturated rings. The van der Waals surface area contributed by atoms with Crippen LogP contribution in [0.1, 0.15) is 31.2 Å². The average Bonchev–Trinajstić information content (AvgIpc) is 2.38. The molecule has 0 saturated heterocycles. The van der Waals surface area contributed by atoms with Crippen LogP contribution >= 0.6 is 0 Å². The van der Waals surface area contributed by atoms with Gasteiger partial charge in [-0.15, -0.1) is 0 Å². The van der Waals surface area contributed by atoms with Crippen LogP contribution in [0.5, 0.6) is 0 Å². The smallest absolute Gasteiger partial charge is 0.136 e. The molecule has 1 atom stereocenters. The van der Waals surface area contributed by atoms with Gasteiger partial charge in [0.1, 0.15) is 5.78 Å². The highest BCUT2D eigenvalue weighted by atomic mass is 16.1.